The molecule has 0 aliphatic rings. The average molecular weight is 267 g/mol. The Bertz CT molecular complexity index is 522. The summed E-state index contributed by atoms with van der Waals surface area (Å²) < 4.78 is 5.00. The van der Waals surface area contributed by atoms with E-state index in [9.17, 15) is 4.79 Å². The molecule has 0 radical (unpaired) electrons. The summed E-state index contributed by atoms with van der Waals surface area (Å²) >= 11 is 1.45. The lowest BCUT2D eigenvalue weighted by Crippen LogP contribution is -2.07. The normalized spacial score (nSPS) is 10.6. The molecule has 96 valence electrons. The number of carbonyl (C=O) groups is 1. The van der Waals surface area contributed by atoms with Gasteiger partial charge < -0.3 is 4.74 Å². The SMILES string of the molecule is CCOC(=O)c1c(CSc2cn[nH]n2)n[nH]c1C. The summed E-state index contributed by atoms with van der Waals surface area (Å²) in [5, 5.41) is 17.8. The first kappa shape index (κ1) is 12.6. The Morgan fingerprint density at radius 1 is 1.50 bits per heavy atom. The van der Waals surface area contributed by atoms with Crippen molar-refractivity contribution in [3.63, 3.8) is 0 Å². The molecule has 0 atom stereocenters. The van der Waals surface area contributed by atoms with Crippen LogP contribution in [0.2, 0.25) is 0 Å². The van der Waals surface area contributed by atoms with Crippen molar-refractivity contribution in [1.29, 1.82) is 0 Å². The van der Waals surface area contributed by atoms with E-state index in [2.05, 4.69) is 25.6 Å². The van der Waals surface area contributed by atoms with Crippen molar-refractivity contribution in [1.82, 2.24) is 25.6 Å². The third kappa shape index (κ3) is 2.70. The van der Waals surface area contributed by atoms with Gasteiger partial charge in [0, 0.05) is 11.4 Å². The molecular weight excluding hydrogens is 254 g/mol. The van der Waals surface area contributed by atoms with Gasteiger partial charge in [-0.05, 0) is 13.8 Å². The number of hydrogen-bond donors (Lipinski definition) is 2. The number of ether oxygens (including phenoxy) is 1. The van der Waals surface area contributed by atoms with Gasteiger partial charge in [-0.2, -0.15) is 15.4 Å². The zero-order valence-corrected chi connectivity index (χ0v) is 10.9. The van der Waals surface area contributed by atoms with E-state index in [1.54, 1.807) is 20.0 Å². The molecule has 2 N–H and O–H groups in total. The van der Waals surface area contributed by atoms with Gasteiger partial charge >= 0.3 is 5.97 Å². The summed E-state index contributed by atoms with van der Waals surface area (Å²) in [5.41, 5.74) is 1.89. The predicted octanol–water partition coefficient (Wildman–Crippen LogP) is 1.31. The van der Waals surface area contributed by atoms with Gasteiger partial charge in [0.05, 0.1) is 18.5 Å². The minimum Gasteiger partial charge on any atom is -0.462 e. The monoisotopic (exact) mass is 267 g/mol. The summed E-state index contributed by atoms with van der Waals surface area (Å²) in [6.45, 7) is 3.92. The maximum Gasteiger partial charge on any atom is 0.341 e. The van der Waals surface area contributed by atoms with Crippen LogP contribution in [-0.2, 0) is 10.5 Å². The lowest BCUT2D eigenvalue weighted by Gasteiger charge is -2.02. The van der Waals surface area contributed by atoms with Crippen LogP contribution in [0.3, 0.4) is 0 Å². The number of esters is 1. The molecule has 0 amide bonds. The fourth-order valence-corrected chi connectivity index (χ4v) is 2.19. The number of carbonyl (C=O) groups excluding carboxylic acids is 1. The first-order chi connectivity index (χ1) is 8.72. The van der Waals surface area contributed by atoms with E-state index in [4.69, 9.17) is 4.74 Å². The maximum atomic E-state index is 11.8. The Morgan fingerprint density at radius 2 is 2.33 bits per heavy atom. The minimum absolute atomic E-state index is 0.347. The molecule has 2 heterocycles. The predicted molar refractivity (Wildman–Crippen MR) is 65.2 cm³/mol. The lowest BCUT2D eigenvalue weighted by atomic mass is 10.2. The maximum absolute atomic E-state index is 11.8. The second-order valence-electron chi connectivity index (χ2n) is 3.49. The summed E-state index contributed by atoms with van der Waals surface area (Å²) in [6.07, 6.45) is 1.62. The second kappa shape index (κ2) is 5.67. The Morgan fingerprint density at radius 3 is 3.00 bits per heavy atom. The molecule has 0 aromatic carbocycles. The van der Waals surface area contributed by atoms with E-state index < -0.39 is 0 Å². The second-order valence-corrected chi connectivity index (χ2v) is 4.48. The standard InChI is InChI=1S/C10H13N5O2S/c1-3-17-10(16)9-6(2)12-13-7(9)5-18-8-4-11-15-14-8/h4H,3,5H2,1-2H3,(H,12,13)(H,11,14,15). The van der Waals surface area contributed by atoms with Gasteiger partial charge in [0.15, 0.2) is 0 Å². The number of thioether (sulfide) groups is 1. The number of H-pyrrole nitrogens is 2. The van der Waals surface area contributed by atoms with Gasteiger partial charge in [-0.15, -0.1) is 5.10 Å². The van der Waals surface area contributed by atoms with Crippen molar-refractivity contribution in [2.24, 2.45) is 0 Å². The molecule has 0 spiro atoms. The van der Waals surface area contributed by atoms with Gasteiger partial charge in [-0.25, -0.2) is 4.79 Å². The number of rotatable bonds is 5. The summed E-state index contributed by atoms with van der Waals surface area (Å²) in [6, 6.07) is 0. The van der Waals surface area contributed by atoms with Crippen molar-refractivity contribution in [2.45, 2.75) is 24.6 Å². The van der Waals surface area contributed by atoms with Crippen molar-refractivity contribution in [3.05, 3.63) is 23.1 Å². The third-order valence-electron chi connectivity index (χ3n) is 2.25. The van der Waals surface area contributed by atoms with E-state index in [0.717, 1.165) is 5.03 Å². The summed E-state index contributed by atoms with van der Waals surface area (Å²) in [7, 11) is 0. The van der Waals surface area contributed by atoms with Crippen molar-refractivity contribution >= 4 is 17.7 Å². The van der Waals surface area contributed by atoms with Gasteiger partial charge in [0.1, 0.15) is 10.6 Å². The molecule has 0 saturated heterocycles. The van der Waals surface area contributed by atoms with Crippen LogP contribution in [0.1, 0.15) is 28.7 Å². The lowest BCUT2D eigenvalue weighted by molar-refractivity contribution is 0.0524. The van der Waals surface area contributed by atoms with Gasteiger partial charge in [-0.1, -0.05) is 11.8 Å². The molecule has 7 nitrogen and oxygen atoms in total. The first-order valence-corrected chi connectivity index (χ1v) is 6.40. The Balaban J connectivity index is 2.10. The molecule has 8 heteroatoms. The topological polar surface area (TPSA) is 96.6 Å². The minimum atomic E-state index is -0.348. The van der Waals surface area contributed by atoms with Gasteiger partial charge in [0.25, 0.3) is 0 Å². The molecule has 0 saturated carbocycles. The Hall–Kier alpha value is -1.83. The van der Waals surface area contributed by atoms with Crippen molar-refractivity contribution in [3.8, 4) is 0 Å². The van der Waals surface area contributed by atoms with Crippen molar-refractivity contribution < 1.29 is 9.53 Å². The highest BCUT2D eigenvalue weighted by atomic mass is 32.2. The molecule has 0 unspecified atom stereocenters. The summed E-state index contributed by atoms with van der Waals surface area (Å²) in [5.74, 6) is 0.185. The van der Waals surface area contributed by atoms with Crippen LogP contribution in [0.15, 0.2) is 11.2 Å². The molecular formula is C10H13N5O2S. The number of aryl methyl sites for hydroxylation is 1. The molecule has 0 aliphatic heterocycles. The number of hydrogen-bond acceptors (Lipinski definition) is 6. The van der Waals surface area contributed by atoms with E-state index in [1.165, 1.54) is 11.8 Å². The molecule has 2 rings (SSSR count). The molecule has 2 aromatic heterocycles. The van der Waals surface area contributed by atoms with Crippen LogP contribution in [-0.4, -0.2) is 38.2 Å². The molecule has 0 bridgehead atoms. The highest BCUT2D eigenvalue weighted by Crippen LogP contribution is 2.22. The Kier molecular flexibility index (Phi) is 3.98. The van der Waals surface area contributed by atoms with Crippen LogP contribution in [0.5, 0.6) is 0 Å². The quantitative estimate of drug-likeness (QED) is 0.626. The molecule has 18 heavy (non-hydrogen) atoms. The van der Waals surface area contributed by atoms with E-state index in [1.807, 2.05) is 0 Å². The zero-order valence-electron chi connectivity index (χ0n) is 10.1. The van der Waals surface area contributed by atoms with Crippen molar-refractivity contribution in [2.75, 3.05) is 6.61 Å². The van der Waals surface area contributed by atoms with Crippen LogP contribution in [0.25, 0.3) is 0 Å². The van der Waals surface area contributed by atoms with Crippen LogP contribution in [0, 0.1) is 6.92 Å². The highest BCUT2D eigenvalue weighted by Gasteiger charge is 2.19. The largest absolute Gasteiger partial charge is 0.462 e. The first-order valence-electron chi connectivity index (χ1n) is 5.42. The van der Waals surface area contributed by atoms with Crippen LogP contribution < -0.4 is 0 Å². The van der Waals surface area contributed by atoms with E-state index >= 15 is 0 Å². The average Bonchev–Trinajstić information content (AvgIpc) is 2.96. The van der Waals surface area contributed by atoms with E-state index in [-0.39, 0.29) is 5.97 Å². The smallest absolute Gasteiger partial charge is 0.341 e. The number of aromatic nitrogens is 5. The highest BCUT2D eigenvalue weighted by molar-refractivity contribution is 7.98. The fraction of sp³-hybridized carbons (Fsp3) is 0.400. The summed E-state index contributed by atoms with van der Waals surface area (Å²) in [4.78, 5) is 11.8. The third-order valence-corrected chi connectivity index (χ3v) is 3.16. The number of nitrogens with zero attached hydrogens (tertiary/aromatic N) is 3. The zero-order chi connectivity index (χ0) is 13.0. The molecule has 0 fully saturated rings. The molecule has 0 aliphatic carbocycles. The van der Waals surface area contributed by atoms with Crippen LogP contribution in [0.4, 0.5) is 0 Å². The van der Waals surface area contributed by atoms with Crippen LogP contribution >= 0.6 is 11.8 Å². The Labute approximate surface area is 108 Å². The fourth-order valence-electron chi connectivity index (χ4n) is 1.46. The number of aromatic amines is 2. The van der Waals surface area contributed by atoms with Gasteiger partial charge in [-0.3, -0.25) is 5.10 Å². The van der Waals surface area contributed by atoms with Gasteiger partial charge in [0.2, 0.25) is 0 Å². The van der Waals surface area contributed by atoms with E-state index in [0.29, 0.717) is 29.3 Å². The number of nitrogens with one attached hydrogen (secondary N) is 2. The molecule has 2 aromatic rings.